The molecule has 1 atom stereocenters. The number of rotatable bonds is 14. The summed E-state index contributed by atoms with van der Waals surface area (Å²) in [6.07, 6.45) is 0.910. The minimum Gasteiger partial charge on any atom is -0.493 e. The van der Waals surface area contributed by atoms with E-state index in [9.17, 15) is 14.4 Å². The van der Waals surface area contributed by atoms with E-state index in [0.717, 1.165) is 21.2 Å². The van der Waals surface area contributed by atoms with Crippen LogP contribution in [0.15, 0.2) is 30.3 Å². The van der Waals surface area contributed by atoms with Crippen molar-refractivity contribution in [3.63, 3.8) is 0 Å². The molecule has 11 heteroatoms. The third-order valence-corrected chi connectivity index (χ3v) is 7.95. The molecule has 3 aromatic rings. The molecule has 2 heterocycles. The first kappa shape index (κ1) is 29.7. The zero-order valence-electron chi connectivity index (χ0n) is 23.2. The second-order valence-corrected chi connectivity index (χ2v) is 10.8. The number of Topliss-reactive ketones (excluding diaryl/α,β-unsaturated/α-hetero) is 1. The summed E-state index contributed by atoms with van der Waals surface area (Å²) in [6, 6.07) is 11.2. The van der Waals surface area contributed by atoms with Crippen molar-refractivity contribution in [2.24, 2.45) is 5.92 Å². The Morgan fingerprint density at radius 2 is 1.59 bits per heavy atom. The van der Waals surface area contributed by atoms with Crippen molar-refractivity contribution >= 4 is 39.1 Å². The summed E-state index contributed by atoms with van der Waals surface area (Å²) in [5, 5.41) is 18.7. The highest BCUT2D eigenvalue weighted by Crippen LogP contribution is 2.38. The standard InChI is InChI=1S/C30H32N2O8S/c1-18(30(35)36)10-29(34)32-16-20-12-23(37-2)26(13-21(20)17-32)40-9-5-8-39-25-11-19-14-28(22(33)6-4-7-31)41-27(19)15-24(25)38-3/h11-15,18H,4-6,8-10,16-17H2,1-3H3,(H,35,36). The molecule has 10 nitrogen and oxygen atoms in total. The van der Waals surface area contributed by atoms with Gasteiger partial charge in [-0.25, -0.2) is 0 Å². The van der Waals surface area contributed by atoms with Crippen LogP contribution in [0.5, 0.6) is 23.0 Å². The maximum atomic E-state index is 12.6. The SMILES string of the molecule is COc1cc2c(cc1OCCCOc1cc3cc(C(=O)CCC#N)sc3cc1OC)CN(C(=O)CC(C)C(=O)O)C2. The fraction of sp³-hybridized carbons (Fsp3) is 0.400. The van der Waals surface area contributed by atoms with Gasteiger partial charge in [0.25, 0.3) is 0 Å². The Morgan fingerprint density at radius 1 is 0.976 bits per heavy atom. The van der Waals surface area contributed by atoms with Gasteiger partial charge in [-0.05, 0) is 40.8 Å². The fourth-order valence-electron chi connectivity index (χ4n) is 4.51. The van der Waals surface area contributed by atoms with E-state index >= 15 is 0 Å². The van der Waals surface area contributed by atoms with Gasteiger partial charge in [0, 0.05) is 49.5 Å². The average Bonchev–Trinajstić information content (AvgIpc) is 3.58. The summed E-state index contributed by atoms with van der Waals surface area (Å²) < 4.78 is 23.9. The predicted molar refractivity (Wildman–Crippen MR) is 152 cm³/mol. The minimum atomic E-state index is -0.990. The van der Waals surface area contributed by atoms with Gasteiger partial charge in [-0.15, -0.1) is 11.3 Å². The zero-order chi connectivity index (χ0) is 29.5. The van der Waals surface area contributed by atoms with Crippen LogP contribution in [0.25, 0.3) is 10.1 Å². The Labute approximate surface area is 242 Å². The van der Waals surface area contributed by atoms with Crippen LogP contribution in [0.2, 0.25) is 0 Å². The van der Waals surface area contributed by atoms with Crippen molar-refractivity contribution in [1.82, 2.24) is 4.90 Å². The number of amides is 1. The van der Waals surface area contributed by atoms with Gasteiger partial charge in [0.1, 0.15) is 0 Å². The molecule has 2 aromatic carbocycles. The van der Waals surface area contributed by atoms with Gasteiger partial charge in [-0.2, -0.15) is 5.26 Å². The van der Waals surface area contributed by atoms with Crippen LogP contribution in [-0.2, 0) is 22.7 Å². The third-order valence-electron chi connectivity index (χ3n) is 6.81. The maximum Gasteiger partial charge on any atom is 0.306 e. The van der Waals surface area contributed by atoms with Crippen LogP contribution < -0.4 is 18.9 Å². The highest BCUT2D eigenvalue weighted by Gasteiger charge is 2.28. The molecule has 0 radical (unpaired) electrons. The Kier molecular flexibility index (Phi) is 9.68. The first-order chi connectivity index (χ1) is 19.7. The first-order valence-electron chi connectivity index (χ1n) is 13.2. The second-order valence-electron chi connectivity index (χ2n) is 9.75. The molecule has 1 aliphatic heterocycles. The van der Waals surface area contributed by atoms with Crippen LogP contribution in [0.3, 0.4) is 0 Å². The molecule has 0 aliphatic carbocycles. The van der Waals surface area contributed by atoms with E-state index in [1.807, 2.05) is 36.4 Å². The van der Waals surface area contributed by atoms with E-state index in [1.54, 1.807) is 19.1 Å². The molecule has 1 amide bonds. The van der Waals surface area contributed by atoms with Gasteiger partial charge in [0.2, 0.25) is 5.91 Å². The molecule has 216 valence electrons. The molecule has 1 N–H and O–H groups in total. The van der Waals surface area contributed by atoms with Crippen molar-refractivity contribution < 1.29 is 38.4 Å². The highest BCUT2D eigenvalue weighted by molar-refractivity contribution is 7.20. The average molecular weight is 581 g/mol. The quantitative estimate of drug-likeness (QED) is 0.201. The number of ether oxygens (including phenoxy) is 4. The van der Waals surface area contributed by atoms with Crippen LogP contribution in [0, 0.1) is 17.2 Å². The van der Waals surface area contributed by atoms with Crippen LogP contribution in [0.4, 0.5) is 0 Å². The van der Waals surface area contributed by atoms with E-state index in [-0.39, 0.29) is 31.0 Å². The predicted octanol–water partition coefficient (Wildman–Crippen LogP) is 5.21. The molecule has 0 saturated heterocycles. The maximum absolute atomic E-state index is 12.6. The van der Waals surface area contributed by atoms with Crippen molar-refractivity contribution in [2.45, 2.75) is 45.7 Å². The first-order valence-corrected chi connectivity index (χ1v) is 14.0. The number of nitrogens with zero attached hydrogens (tertiary/aromatic N) is 2. The number of carbonyl (C=O) groups is 3. The number of fused-ring (bicyclic) bond motifs is 2. The summed E-state index contributed by atoms with van der Waals surface area (Å²) in [6.45, 7) is 3.03. The molecule has 4 rings (SSSR count). The lowest BCUT2D eigenvalue weighted by molar-refractivity contribution is -0.145. The molecular weight excluding hydrogens is 548 g/mol. The Balaban J connectivity index is 1.33. The van der Waals surface area contributed by atoms with Gasteiger partial charge in [0.05, 0.1) is 44.3 Å². The largest absolute Gasteiger partial charge is 0.493 e. The lowest BCUT2D eigenvalue weighted by atomic mass is 10.1. The third kappa shape index (κ3) is 7.08. The van der Waals surface area contributed by atoms with Gasteiger partial charge >= 0.3 is 5.97 Å². The van der Waals surface area contributed by atoms with E-state index < -0.39 is 11.9 Å². The van der Waals surface area contributed by atoms with E-state index in [2.05, 4.69) is 0 Å². The number of aliphatic carboxylic acids is 1. The molecule has 0 fully saturated rings. The van der Waals surface area contributed by atoms with Crippen molar-refractivity contribution in [3.8, 4) is 29.1 Å². The van der Waals surface area contributed by atoms with Crippen molar-refractivity contribution in [3.05, 3.63) is 46.3 Å². The molecule has 1 aliphatic rings. The molecular formula is C30H32N2O8S. The van der Waals surface area contributed by atoms with Gasteiger partial charge < -0.3 is 29.0 Å². The number of carboxylic acids is 1. The molecule has 41 heavy (non-hydrogen) atoms. The van der Waals surface area contributed by atoms with E-state index in [1.165, 1.54) is 18.3 Å². The van der Waals surface area contributed by atoms with Gasteiger partial charge in [0.15, 0.2) is 28.8 Å². The van der Waals surface area contributed by atoms with Crippen LogP contribution >= 0.6 is 11.3 Å². The second kappa shape index (κ2) is 13.4. The Bertz CT molecular complexity index is 1490. The fourth-order valence-corrected chi connectivity index (χ4v) is 5.55. The number of carboxylic acid groups (broad SMARTS) is 1. The molecule has 0 spiro atoms. The van der Waals surface area contributed by atoms with E-state index in [0.29, 0.717) is 60.6 Å². The zero-order valence-corrected chi connectivity index (χ0v) is 24.0. The Morgan fingerprint density at radius 3 is 2.20 bits per heavy atom. The number of ketones is 1. The Hall–Kier alpha value is -4.30. The topological polar surface area (TPSA) is 135 Å². The van der Waals surface area contributed by atoms with Crippen LogP contribution in [-0.4, -0.2) is 55.1 Å². The summed E-state index contributed by atoms with van der Waals surface area (Å²) >= 11 is 1.37. The number of hydrogen-bond acceptors (Lipinski definition) is 9. The summed E-state index contributed by atoms with van der Waals surface area (Å²) in [4.78, 5) is 38.3. The minimum absolute atomic E-state index is 0.0461. The van der Waals surface area contributed by atoms with Crippen molar-refractivity contribution in [2.75, 3.05) is 27.4 Å². The molecule has 0 saturated carbocycles. The van der Waals surface area contributed by atoms with Gasteiger partial charge in [-0.1, -0.05) is 6.92 Å². The highest BCUT2D eigenvalue weighted by atomic mass is 32.1. The van der Waals surface area contributed by atoms with Crippen molar-refractivity contribution in [1.29, 1.82) is 5.26 Å². The molecule has 1 aromatic heterocycles. The number of methoxy groups -OCH3 is 2. The number of nitriles is 1. The van der Waals surface area contributed by atoms with Gasteiger partial charge in [-0.3, -0.25) is 14.4 Å². The monoisotopic (exact) mass is 580 g/mol. The lowest BCUT2D eigenvalue weighted by Gasteiger charge is -2.16. The summed E-state index contributed by atoms with van der Waals surface area (Å²) in [5.74, 6) is 0.256. The molecule has 0 bridgehead atoms. The van der Waals surface area contributed by atoms with Crippen LogP contribution in [0.1, 0.15) is 53.4 Å². The normalized spacial score (nSPS) is 12.9. The number of hydrogen-bond donors (Lipinski definition) is 1. The summed E-state index contributed by atoms with van der Waals surface area (Å²) in [7, 11) is 3.12. The number of carbonyl (C=O) groups excluding carboxylic acids is 2. The lowest BCUT2D eigenvalue weighted by Crippen LogP contribution is -2.28. The summed E-state index contributed by atoms with van der Waals surface area (Å²) in [5.41, 5.74) is 1.88. The van der Waals surface area contributed by atoms with E-state index in [4.69, 9.17) is 29.3 Å². The number of thiophene rings is 1. The smallest absolute Gasteiger partial charge is 0.306 e. The number of benzene rings is 2. The molecule has 1 unspecified atom stereocenters.